The summed E-state index contributed by atoms with van der Waals surface area (Å²) in [6.45, 7) is 2.61. The van der Waals surface area contributed by atoms with Gasteiger partial charge in [0.25, 0.3) is 11.5 Å². The number of carbonyl (C=O) groups is 2. The highest BCUT2D eigenvalue weighted by Crippen LogP contribution is 2.31. The first-order valence-electron chi connectivity index (χ1n) is 18.4. The molecule has 2 aliphatic rings. The maximum atomic E-state index is 14.2. The number of carbonyl (C=O) groups excluding carboxylic acids is 2. The molecule has 1 fully saturated rings. The van der Waals surface area contributed by atoms with Gasteiger partial charge in [0.2, 0.25) is 0 Å². The first-order chi connectivity index (χ1) is 24.0. The molecule has 1 saturated carbocycles. The van der Waals surface area contributed by atoms with Crippen LogP contribution in [0.25, 0.3) is 16.9 Å². The Hall–Kier alpha value is -4.53. The zero-order valence-electron chi connectivity index (χ0n) is 28.8. The molecule has 1 aliphatic carbocycles. The largest absolute Gasteiger partial charge is 0.335 e. The zero-order chi connectivity index (χ0) is 34.0. The minimum atomic E-state index is -0.373. The van der Waals surface area contributed by atoms with Gasteiger partial charge in [-0.05, 0) is 19.3 Å². The van der Waals surface area contributed by atoms with Gasteiger partial charge >= 0.3 is 5.97 Å². The van der Waals surface area contributed by atoms with Crippen molar-refractivity contribution < 1.29 is 14.4 Å². The second-order valence-corrected chi connectivity index (χ2v) is 13.6. The lowest BCUT2D eigenvalue weighted by atomic mass is 9.94. The maximum absolute atomic E-state index is 14.2. The quantitative estimate of drug-likeness (QED) is 0.0520. The lowest BCUT2D eigenvalue weighted by Gasteiger charge is -2.30. The number of aromatic nitrogens is 3. The summed E-state index contributed by atoms with van der Waals surface area (Å²) < 4.78 is 3.26. The van der Waals surface area contributed by atoms with Crippen LogP contribution in [0.4, 0.5) is 0 Å². The van der Waals surface area contributed by atoms with Crippen molar-refractivity contribution in [2.45, 2.75) is 122 Å². The van der Waals surface area contributed by atoms with Crippen LogP contribution in [0.2, 0.25) is 0 Å². The van der Waals surface area contributed by atoms with Gasteiger partial charge in [0, 0.05) is 29.7 Å². The van der Waals surface area contributed by atoms with Crippen LogP contribution in [-0.4, -0.2) is 42.7 Å². The Balaban J connectivity index is 1.28. The summed E-state index contributed by atoms with van der Waals surface area (Å²) in [5, 5.41) is 9.15. The summed E-state index contributed by atoms with van der Waals surface area (Å²) in [5.41, 5.74) is 3.79. The van der Waals surface area contributed by atoms with Crippen LogP contribution in [0.3, 0.4) is 0 Å². The molecule has 2 aromatic carbocycles. The standard InChI is InChI=1S/C40H49N5O4/c1-2-3-4-5-6-7-8-9-19-26-37(46)49-42-35(31-22-15-11-16-23-31)29-44-36-27-34(30-20-13-10-14-21-30)41-45(36)39(47)33-28-43(40(48)38(33)44)32-24-17-12-18-25-32/h10-11,13-16,20-23,27,32H,2-9,12,17-19,24-26,28-29H2,1H3/b42-35+. The highest BCUT2D eigenvalue weighted by molar-refractivity contribution is 6.02. The number of unbranched alkanes of at least 4 members (excludes halogenated alkanes) is 8. The summed E-state index contributed by atoms with van der Waals surface area (Å²) in [4.78, 5) is 48.5. The van der Waals surface area contributed by atoms with E-state index in [4.69, 9.17) is 9.94 Å². The van der Waals surface area contributed by atoms with E-state index in [9.17, 15) is 14.4 Å². The van der Waals surface area contributed by atoms with Crippen molar-refractivity contribution in [2.75, 3.05) is 0 Å². The lowest BCUT2D eigenvalue weighted by molar-refractivity contribution is -0.143. The maximum Gasteiger partial charge on any atom is 0.335 e. The van der Waals surface area contributed by atoms with Crippen molar-refractivity contribution in [1.29, 1.82) is 0 Å². The number of nitrogens with zero attached hydrogens (tertiary/aromatic N) is 5. The van der Waals surface area contributed by atoms with E-state index in [0.717, 1.165) is 56.1 Å². The molecule has 0 atom stereocenters. The smallest absolute Gasteiger partial charge is 0.330 e. The molecule has 3 heterocycles. The summed E-state index contributed by atoms with van der Waals surface area (Å²) in [6, 6.07) is 21.2. The SMILES string of the molecule is CCCCCCCCCCCC(=O)O/N=C(\Cn1c2c(c(=O)n3nc(-c4ccccc4)cc13)CN(C1CCCCC1)C2=O)c1ccccc1. The first kappa shape index (κ1) is 34.3. The number of benzene rings is 2. The Labute approximate surface area is 289 Å². The minimum Gasteiger partial charge on any atom is -0.330 e. The number of fused-ring (bicyclic) bond motifs is 2. The topological polar surface area (TPSA) is 98.3 Å². The van der Waals surface area contributed by atoms with E-state index in [2.05, 4.69) is 12.1 Å². The molecule has 9 nitrogen and oxygen atoms in total. The molecule has 0 radical (unpaired) electrons. The van der Waals surface area contributed by atoms with Crippen molar-refractivity contribution >= 4 is 23.2 Å². The first-order valence-corrected chi connectivity index (χ1v) is 18.4. The van der Waals surface area contributed by atoms with Crippen molar-refractivity contribution in [2.24, 2.45) is 5.16 Å². The fraction of sp³-hybridized carbons (Fsp3) is 0.475. The molecule has 49 heavy (non-hydrogen) atoms. The second kappa shape index (κ2) is 16.7. The van der Waals surface area contributed by atoms with Gasteiger partial charge in [-0.3, -0.25) is 9.59 Å². The van der Waals surface area contributed by atoms with E-state index in [-0.39, 0.29) is 36.6 Å². The molecule has 0 bridgehead atoms. The van der Waals surface area contributed by atoms with Gasteiger partial charge in [0.1, 0.15) is 17.1 Å². The summed E-state index contributed by atoms with van der Waals surface area (Å²) in [5.74, 6) is -0.513. The van der Waals surface area contributed by atoms with Crippen LogP contribution in [0.5, 0.6) is 0 Å². The number of amides is 1. The van der Waals surface area contributed by atoms with Crippen LogP contribution < -0.4 is 5.56 Å². The molecule has 0 spiro atoms. The highest BCUT2D eigenvalue weighted by Gasteiger charge is 2.39. The number of rotatable bonds is 16. The molecule has 0 N–H and O–H groups in total. The average Bonchev–Trinajstić information content (AvgIpc) is 3.74. The van der Waals surface area contributed by atoms with E-state index in [1.807, 2.05) is 76.2 Å². The number of hydrogen-bond acceptors (Lipinski definition) is 6. The van der Waals surface area contributed by atoms with Crippen LogP contribution in [-0.2, 0) is 22.7 Å². The normalized spacial score (nSPS) is 15.2. The van der Waals surface area contributed by atoms with E-state index in [1.54, 1.807) is 0 Å². The third-order valence-electron chi connectivity index (χ3n) is 10.0. The molecular formula is C40H49N5O4. The van der Waals surface area contributed by atoms with Gasteiger partial charge in [-0.1, -0.05) is 143 Å². The van der Waals surface area contributed by atoms with Crippen LogP contribution in [0.15, 0.2) is 76.7 Å². The third kappa shape index (κ3) is 8.20. The lowest BCUT2D eigenvalue weighted by Crippen LogP contribution is -2.37. The summed E-state index contributed by atoms with van der Waals surface area (Å²) in [7, 11) is 0. The Morgan fingerprint density at radius 1 is 0.857 bits per heavy atom. The average molecular weight is 664 g/mol. The molecule has 0 saturated heterocycles. The van der Waals surface area contributed by atoms with Crippen molar-refractivity contribution in [3.8, 4) is 11.3 Å². The molecule has 1 aliphatic heterocycles. The van der Waals surface area contributed by atoms with Gasteiger partial charge in [0.15, 0.2) is 0 Å². The van der Waals surface area contributed by atoms with E-state index < -0.39 is 0 Å². The van der Waals surface area contributed by atoms with Gasteiger partial charge in [-0.2, -0.15) is 9.61 Å². The Morgan fingerprint density at radius 3 is 2.20 bits per heavy atom. The summed E-state index contributed by atoms with van der Waals surface area (Å²) >= 11 is 0. The molecule has 2 aromatic heterocycles. The van der Waals surface area contributed by atoms with E-state index in [1.165, 1.54) is 49.5 Å². The van der Waals surface area contributed by atoms with Crippen molar-refractivity contribution in [1.82, 2.24) is 19.1 Å². The van der Waals surface area contributed by atoms with Crippen LogP contribution >= 0.6 is 0 Å². The third-order valence-corrected chi connectivity index (χ3v) is 10.0. The molecule has 4 aromatic rings. The second-order valence-electron chi connectivity index (χ2n) is 13.6. The number of hydrogen-bond donors (Lipinski definition) is 0. The molecule has 9 heteroatoms. The number of oxime groups is 1. The van der Waals surface area contributed by atoms with Crippen molar-refractivity contribution in [3.05, 3.63) is 93.9 Å². The van der Waals surface area contributed by atoms with Crippen LogP contribution in [0.1, 0.15) is 125 Å². The summed E-state index contributed by atoms with van der Waals surface area (Å²) in [6.07, 6.45) is 16.0. The molecule has 0 unspecified atom stereocenters. The van der Waals surface area contributed by atoms with Crippen molar-refractivity contribution in [3.63, 3.8) is 0 Å². The zero-order valence-corrected chi connectivity index (χ0v) is 28.8. The Bertz CT molecular complexity index is 1810. The molecular weight excluding hydrogens is 614 g/mol. The van der Waals surface area contributed by atoms with Gasteiger partial charge in [0.05, 0.1) is 24.3 Å². The predicted octanol–water partition coefficient (Wildman–Crippen LogP) is 8.32. The van der Waals surface area contributed by atoms with Gasteiger partial charge in [-0.25, -0.2) is 4.79 Å². The Kier molecular flexibility index (Phi) is 11.7. The predicted molar refractivity (Wildman–Crippen MR) is 193 cm³/mol. The fourth-order valence-corrected chi connectivity index (χ4v) is 7.27. The molecule has 1 amide bonds. The fourth-order valence-electron chi connectivity index (χ4n) is 7.27. The van der Waals surface area contributed by atoms with E-state index in [0.29, 0.717) is 34.7 Å². The molecule has 6 rings (SSSR count). The van der Waals surface area contributed by atoms with Gasteiger partial charge < -0.3 is 14.3 Å². The van der Waals surface area contributed by atoms with Crippen LogP contribution in [0, 0.1) is 0 Å². The highest BCUT2D eigenvalue weighted by atomic mass is 16.7. The molecule has 258 valence electrons. The Morgan fingerprint density at radius 2 is 1.51 bits per heavy atom. The van der Waals surface area contributed by atoms with E-state index >= 15 is 0 Å². The minimum absolute atomic E-state index is 0.109. The monoisotopic (exact) mass is 663 g/mol. The van der Waals surface area contributed by atoms with Gasteiger partial charge in [-0.15, -0.1) is 0 Å².